The zero-order valence-corrected chi connectivity index (χ0v) is 9.05. The molecule has 2 unspecified atom stereocenters. The first-order valence-corrected chi connectivity index (χ1v) is 5.77. The minimum Gasteiger partial charge on any atom is -0.353 e. The lowest BCUT2D eigenvalue weighted by Crippen LogP contribution is -2.42. The fourth-order valence-corrected chi connectivity index (χ4v) is 2.20. The summed E-state index contributed by atoms with van der Waals surface area (Å²) < 4.78 is 11.3. The van der Waals surface area contributed by atoms with E-state index in [1.54, 1.807) is 0 Å². The van der Waals surface area contributed by atoms with E-state index < -0.39 is 0 Å². The number of hydrogen-bond acceptors (Lipinski definition) is 3. The maximum Gasteiger partial charge on any atom is 0.157 e. The summed E-state index contributed by atoms with van der Waals surface area (Å²) in [6.45, 7) is 5.03. The molecule has 3 nitrogen and oxygen atoms in total. The molecule has 2 fully saturated rings. The molecule has 0 aromatic carbocycles. The third-order valence-electron chi connectivity index (χ3n) is 3.18. The molecule has 2 saturated heterocycles. The zero-order valence-electron chi connectivity index (χ0n) is 9.05. The standard InChI is InChI=1S/C11H21NO2/c1-11(6-4-7-12-11)9-14-10-5-2-3-8-13-10/h10,12H,2-9H2,1H3. The van der Waals surface area contributed by atoms with Crippen molar-refractivity contribution >= 4 is 0 Å². The molecule has 14 heavy (non-hydrogen) atoms. The quantitative estimate of drug-likeness (QED) is 0.750. The van der Waals surface area contributed by atoms with Gasteiger partial charge in [0.1, 0.15) is 0 Å². The average Bonchev–Trinajstić information content (AvgIpc) is 2.65. The third kappa shape index (κ3) is 2.69. The van der Waals surface area contributed by atoms with E-state index in [1.165, 1.54) is 25.7 Å². The molecule has 0 bridgehead atoms. The van der Waals surface area contributed by atoms with Crippen LogP contribution in [0.5, 0.6) is 0 Å². The smallest absolute Gasteiger partial charge is 0.157 e. The van der Waals surface area contributed by atoms with Crippen LogP contribution < -0.4 is 5.32 Å². The summed E-state index contributed by atoms with van der Waals surface area (Å²) in [5.41, 5.74) is 0.195. The molecule has 0 amide bonds. The Hall–Kier alpha value is -0.120. The predicted molar refractivity (Wildman–Crippen MR) is 55.2 cm³/mol. The van der Waals surface area contributed by atoms with Crippen molar-refractivity contribution in [2.75, 3.05) is 19.8 Å². The fourth-order valence-electron chi connectivity index (χ4n) is 2.20. The molecule has 2 heterocycles. The van der Waals surface area contributed by atoms with Crippen molar-refractivity contribution in [2.24, 2.45) is 0 Å². The molecule has 0 aromatic rings. The maximum atomic E-state index is 5.79. The highest BCUT2D eigenvalue weighted by molar-refractivity contribution is 4.88. The van der Waals surface area contributed by atoms with Gasteiger partial charge in [0, 0.05) is 12.1 Å². The SMILES string of the molecule is CC1(COC2CCCCO2)CCCN1. The van der Waals surface area contributed by atoms with Gasteiger partial charge in [0.05, 0.1) is 6.61 Å². The Balaban J connectivity index is 1.70. The predicted octanol–water partition coefficient (Wildman–Crippen LogP) is 1.67. The van der Waals surface area contributed by atoms with Crippen LogP contribution in [0.3, 0.4) is 0 Å². The van der Waals surface area contributed by atoms with Crippen LogP contribution in [0.15, 0.2) is 0 Å². The maximum absolute atomic E-state index is 5.79. The topological polar surface area (TPSA) is 30.5 Å². The van der Waals surface area contributed by atoms with Crippen LogP contribution >= 0.6 is 0 Å². The highest BCUT2D eigenvalue weighted by Gasteiger charge is 2.29. The highest BCUT2D eigenvalue weighted by atomic mass is 16.7. The largest absolute Gasteiger partial charge is 0.353 e. The molecular weight excluding hydrogens is 178 g/mol. The van der Waals surface area contributed by atoms with E-state index in [-0.39, 0.29) is 11.8 Å². The molecule has 2 aliphatic heterocycles. The van der Waals surface area contributed by atoms with Gasteiger partial charge >= 0.3 is 0 Å². The molecule has 0 saturated carbocycles. The summed E-state index contributed by atoms with van der Waals surface area (Å²) in [4.78, 5) is 0. The molecule has 2 aliphatic rings. The van der Waals surface area contributed by atoms with E-state index in [9.17, 15) is 0 Å². The van der Waals surface area contributed by atoms with E-state index in [2.05, 4.69) is 12.2 Å². The molecule has 0 aliphatic carbocycles. The minimum atomic E-state index is 0.0583. The first-order chi connectivity index (χ1) is 6.79. The Morgan fingerprint density at radius 2 is 2.36 bits per heavy atom. The zero-order chi connectivity index (χ0) is 9.86. The lowest BCUT2D eigenvalue weighted by atomic mass is 10.0. The summed E-state index contributed by atoms with van der Waals surface area (Å²) in [6, 6.07) is 0. The first kappa shape index (κ1) is 10.4. The van der Waals surface area contributed by atoms with E-state index >= 15 is 0 Å². The lowest BCUT2D eigenvalue weighted by molar-refractivity contribution is -0.171. The minimum absolute atomic E-state index is 0.0583. The Morgan fingerprint density at radius 1 is 1.43 bits per heavy atom. The van der Waals surface area contributed by atoms with Gasteiger partial charge in [-0.2, -0.15) is 0 Å². The van der Waals surface area contributed by atoms with Gasteiger partial charge in [-0.15, -0.1) is 0 Å². The second-order valence-corrected chi connectivity index (χ2v) is 4.70. The van der Waals surface area contributed by atoms with Crippen LogP contribution in [-0.4, -0.2) is 31.6 Å². The summed E-state index contributed by atoms with van der Waals surface area (Å²) in [5, 5.41) is 3.49. The van der Waals surface area contributed by atoms with Gasteiger partial charge in [0.25, 0.3) is 0 Å². The Bertz CT molecular complexity index is 172. The highest BCUT2D eigenvalue weighted by Crippen LogP contribution is 2.21. The van der Waals surface area contributed by atoms with Gasteiger partial charge in [0.15, 0.2) is 6.29 Å². The molecule has 2 rings (SSSR count). The van der Waals surface area contributed by atoms with Crippen LogP contribution in [0.2, 0.25) is 0 Å². The number of nitrogens with one attached hydrogen (secondary N) is 1. The van der Waals surface area contributed by atoms with Gasteiger partial charge in [-0.1, -0.05) is 0 Å². The average molecular weight is 199 g/mol. The Kier molecular flexibility index (Phi) is 3.42. The van der Waals surface area contributed by atoms with Crippen molar-refractivity contribution in [1.82, 2.24) is 5.32 Å². The van der Waals surface area contributed by atoms with Crippen LogP contribution in [0.1, 0.15) is 39.0 Å². The van der Waals surface area contributed by atoms with Crippen LogP contribution in [0.4, 0.5) is 0 Å². The fraction of sp³-hybridized carbons (Fsp3) is 1.00. The van der Waals surface area contributed by atoms with Crippen molar-refractivity contribution in [2.45, 2.75) is 50.9 Å². The molecular formula is C11H21NO2. The van der Waals surface area contributed by atoms with Crippen LogP contribution in [0.25, 0.3) is 0 Å². The summed E-state index contributed by atoms with van der Waals surface area (Å²) in [6.07, 6.45) is 6.05. The van der Waals surface area contributed by atoms with E-state index in [0.717, 1.165) is 26.2 Å². The second kappa shape index (κ2) is 4.60. The van der Waals surface area contributed by atoms with Gasteiger partial charge in [-0.3, -0.25) is 0 Å². The van der Waals surface area contributed by atoms with Crippen LogP contribution in [-0.2, 0) is 9.47 Å². The molecule has 0 radical (unpaired) electrons. The Labute approximate surface area is 86.2 Å². The number of hydrogen-bond donors (Lipinski definition) is 1. The number of ether oxygens (including phenoxy) is 2. The van der Waals surface area contributed by atoms with Gasteiger partial charge < -0.3 is 14.8 Å². The lowest BCUT2D eigenvalue weighted by Gasteiger charge is -2.29. The first-order valence-electron chi connectivity index (χ1n) is 5.77. The van der Waals surface area contributed by atoms with E-state index in [4.69, 9.17) is 9.47 Å². The Morgan fingerprint density at radius 3 is 3.00 bits per heavy atom. The molecule has 0 aromatic heterocycles. The second-order valence-electron chi connectivity index (χ2n) is 4.70. The normalized spacial score (nSPS) is 38.8. The summed E-state index contributed by atoms with van der Waals surface area (Å²) >= 11 is 0. The molecule has 2 atom stereocenters. The van der Waals surface area contributed by atoms with Crippen LogP contribution in [0, 0.1) is 0 Å². The summed E-state index contributed by atoms with van der Waals surface area (Å²) in [5.74, 6) is 0. The third-order valence-corrected chi connectivity index (χ3v) is 3.18. The molecule has 3 heteroatoms. The van der Waals surface area contributed by atoms with Gasteiger partial charge in [-0.05, 0) is 45.6 Å². The van der Waals surface area contributed by atoms with Crippen molar-refractivity contribution in [3.63, 3.8) is 0 Å². The number of rotatable bonds is 3. The van der Waals surface area contributed by atoms with Crippen molar-refractivity contribution in [3.05, 3.63) is 0 Å². The van der Waals surface area contributed by atoms with Gasteiger partial charge in [-0.25, -0.2) is 0 Å². The van der Waals surface area contributed by atoms with E-state index in [1.807, 2.05) is 0 Å². The monoisotopic (exact) mass is 199 g/mol. The van der Waals surface area contributed by atoms with Crippen molar-refractivity contribution < 1.29 is 9.47 Å². The van der Waals surface area contributed by atoms with Crippen molar-refractivity contribution in [1.29, 1.82) is 0 Å². The van der Waals surface area contributed by atoms with E-state index in [0.29, 0.717) is 0 Å². The molecule has 82 valence electrons. The summed E-state index contributed by atoms with van der Waals surface area (Å²) in [7, 11) is 0. The van der Waals surface area contributed by atoms with Crippen molar-refractivity contribution in [3.8, 4) is 0 Å². The molecule has 0 spiro atoms. The van der Waals surface area contributed by atoms with Gasteiger partial charge in [0.2, 0.25) is 0 Å². The molecule has 1 N–H and O–H groups in total.